The first-order chi connectivity index (χ1) is 7.29. The van der Waals surface area contributed by atoms with Crippen LogP contribution in [0, 0.1) is 0 Å². The normalized spacial score (nSPS) is 10.3. The highest BCUT2D eigenvalue weighted by atomic mass is 32.1. The van der Waals surface area contributed by atoms with Crippen molar-refractivity contribution in [1.82, 2.24) is 15.2 Å². The molecular weight excluding hydrogens is 210 g/mol. The van der Waals surface area contributed by atoms with Gasteiger partial charge in [0.25, 0.3) is 0 Å². The number of nitrogens with zero attached hydrogens (tertiary/aromatic N) is 3. The van der Waals surface area contributed by atoms with Crippen molar-refractivity contribution in [3.8, 4) is 0 Å². The first kappa shape index (κ1) is 9.97. The Morgan fingerprint density at radius 2 is 2.47 bits per heavy atom. The molecule has 0 amide bonds. The van der Waals surface area contributed by atoms with Crippen LogP contribution in [0.15, 0.2) is 17.5 Å². The number of hydrogen-bond donors (Lipinski definition) is 2. The monoisotopic (exact) mass is 223 g/mol. The van der Waals surface area contributed by atoms with E-state index in [0.29, 0.717) is 11.9 Å². The Balaban J connectivity index is 2.04. The maximum absolute atomic E-state index is 4.26. The Bertz CT molecular complexity index is 408. The van der Waals surface area contributed by atoms with E-state index >= 15 is 0 Å². The number of aromatic amines is 1. The van der Waals surface area contributed by atoms with Crippen LogP contribution in [0.2, 0.25) is 0 Å². The molecule has 0 unspecified atom stereocenters. The molecule has 0 bridgehead atoms. The quantitative estimate of drug-likeness (QED) is 0.825. The van der Waals surface area contributed by atoms with Gasteiger partial charge in [-0.15, -0.1) is 16.4 Å². The van der Waals surface area contributed by atoms with Crippen molar-refractivity contribution in [1.29, 1.82) is 0 Å². The third kappa shape index (κ3) is 2.27. The van der Waals surface area contributed by atoms with Gasteiger partial charge in [-0.05, 0) is 11.4 Å². The highest BCUT2D eigenvalue weighted by molar-refractivity contribution is 7.09. The minimum Gasteiger partial charge on any atom is -0.358 e. The van der Waals surface area contributed by atoms with E-state index in [2.05, 4.69) is 31.9 Å². The van der Waals surface area contributed by atoms with E-state index in [-0.39, 0.29) is 0 Å². The Morgan fingerprint density at radius 1 is 1.60 bits per heavy atom. The minimum atomic E-state index is 0.683. The minimum absolute atomic E-state index is 0.683. The van der Waals surface area contributed by atoms with E-state index in [0.717, 1.165) is 6.54 Å². The Hall–Kier alpha value is -1.56. The summed E-state index contributed by atoms with van der Waals surface area (Å²) in [7, 11) is 3.78. The van der Waals surface area contributed by atoms with E-state index in [1.807, 2.05) is 25.1 Å². The van der Waals surface area contributed by atoms with Gasteiger partial charge in [0.1, 0.15) is 0 Å². The first-order valence-electron chi connectivity index (χ1n) is 4.63. The maximum Gasteiger partial charge on any atom is 0.246 e. The summed E-state index contributed by atoms with van der Waals surface area (Å²) in [4.78, 5) is 7.56. The van der Waals surface area contributed by atoms with Crippen LogP contribution >= 0.6 is 11.3 Å². The van der Waals surface area contributed by atoms with Crippen molar-refractivity contribution in [2.24, 2.45) is 0 Å². The molecule has 0 aliphatic rings. The number of H-pyrrole nitrogens is 1. The van der Waals surface area contributed by atoms with E-state index in [4.69, 9.17) is 0 Å². The number of anilines is 2. The van der Waals surface area contributed by atoms with E-state index in [1.165, 1.54) is 4.88 Å². The molecule has 0 aliphatic heterocycles. The Morgan fingerprint density at radius 3 is 3.07 bits per heavy atom. The van der Waals surface area contributed by atoms with E-state index in [9.17, 15) is 0 Å². The molecule has 0 fully saturated rings. The molecule has 2 N–H and O–H groups in total. The van der Waals surface area contributed by atoms with Crippen LogP contribution in [0.25, 0.3) is 0 Å². The molecular formula is C9H13N5S. The highest BCUT2D eigenvalue weighted by Crippen LogP contribution is 2.15. The van der Waals surface area contributed by atoms with Gasteiger partial charge in [0.05, 0.1) is 6.54 Å². The summed E-state index contributed by atoms with van der Waals surface area (Å²) in [6.45, 7) is 0.832. The van der Waals surface area contributed by atoms with Gasteiger partial charge in [-0.3, -0.25) is 0 Å². The van der Waals surface area contributed by atoms with Crippen LogP contribution in [0.3, 0.4) is 0 Å². The smallest absolute Gasteiger partial charge is 0.246 e. The molecule has 0 aromatic carbocycles. The summed E-state index contributed by atoms with van der Waals surface area (Å²) in [5, 5.41) is 11.9. The molecule has 2 aromatic heterocycles. The molecule has 2 aromatic rings. The van der Waals surface area contributed by atoms with Gasteiger partial charge in [-0.1, -0.05) is 6.07 Å². The molecule has 0 spiro atoms. The Labute approximate surface area is 92.2 Å². The van der Waals surface area contributed by atoms with Crippen molar-refractivity contribution in [2.45, 2.75) is 6.54 Å². The molecule has 0 saturated carbocycles. The summed E-state index contributed by atoms with van der Waals surface area (Å²) in [6.07, 6.45) is 0. The molecule has 6 heteroatoms. The topological polar surface area (TPSA) is 56.8 Å². The van der Waals surface area contributed by atoms with Crippen LogP contribution < -0.4 is 10.2 Å². The zero-order valence-corrected chi connectivity index (χ0v) is 9.51. The molecule has 80 valence electrons. The standard InChI is InChI=1S/C9H13N5S/c1-10-8-11-9(13-12-8)14(2)6-7-4-3-5-15-7/h3-5H,6H2,1-2H3,(H2,10,11,12,13). The van der Waals surface area contributed by atoms with Gasteiger partial charge in [-0.2, -0.15) is 4.98 Å². The van der Waals surface area contributed by atoms with Gasteiger partial charge >= 0.3 is 0 Å². The molecule has 0 aliphatic carbocycles. The molecule has 0 atom stereocenters. The number of hydrogen-bond acceptors (Lipinski definition) is 5. The van der Waals surface area contributed by atoms with Crippen LogP contribution in [0.5, 0.6) is 0 Å². The number of rotatable bonds is 4. The molecule has 0 saturated heterocycles. The van der Waals surface area contributed by atoms with Crippen LogP contribution in [-0.4, -0.2) is 29.3 Å². The van der Waals surface area contributed by atoms with Crippen molar-refractivity contribution in [3.05, 3.63) is 22.4 Å². The number of aromatic nitrogens is 3. The first-order valence-corrected chi connectivity index (χ1v) is 5.51. The summed E-state index contributed by atoms with van der Waals surface area (Å²) >= 11 is 1.74. The third-order valence-corrected chi connectivity index (χ3v) is 2.89. The number of nitrogens with one attached hydrogen (secondary N) is 2. The van der Waals surface area contributed by atoms with Gasteiger partial charge in [-0.25, -0.2) is 5.10 Å². The maximum atomic E-state index is 4.26. The zero-order chi connectivity index (χ0) is 10.7. The third-order valence-electron chi connectivity index (χ3n) is 2.02. The fraction of sp³-hybridized carbons (Fsp3) is 0.333. The summed E-state index contributed by atoms with van der Waals surface area (Å²) < 4.78 is 0. The highest BCUT2D eigenvalue weighted by Gasteiger charge is 2.08. The van der Waals surface area contributed by atoms with Crippen molar-refractivity contribution < 1.29 is 0 Å². The molecule has 2 rings (SSSR count). The fourth-order valence-corrected chi connectivity index (χ4v) is 2.00. The molecule has 15 heavy (non-hydrogen) atoms. The van der Waals surface area contributed by atoms with Crippen molar-refractivity contribution in [3.63, 3.8) is 0 Å². The summed E-state index contributed by atoms with van der Waals surface area (Å²) in [5.74, 6) is 1.38. The predicted molar refractivity (Wildman–Crippen MR) is 62.4 cm³/mol. The second kappa shape index (κ2) is 4.31. The Kier molecular flexibility index (Phi) is 2.86. The summed E-state index contributed by atoms with van der Waals surface area (Å²) in [6, 6.07) is 4.15. The van der Waals surface area contributed by atoms with Crippen LogP contribution in [0.4, 0.5) is 11.9 Å². The van der Waals surface area contributed by atoms with Crippen LogP contribution in [-0.2, 0) is 6.54 Å². The van der Waals surface area contributed by atoms with Gasteiger partial charge < -0.3 is 10.2 Å². The van der Waals surface area contributed by atoms with Crippen LogP contribution in [0.1, 0.15) is 4.88 Å². The largest absolute Gasteiger partial charge is 0.358 e. The van der Waals surface area contributed by atoms with E-state index < -0.39 is 0 Å². The van der Waals surface area contributed by atoms with Gasteiger partial charge in [0.15, 0.2) is 0 Å². The lowest BCUT2D eigenvalue weighted by Crippen LogP contribution is -2.16. The molecule has 0 radical (unpaired) electrons. The predicted octanol–water partition coefficient (Wildman–Crippen LogP) is 1.54. The van der Waals surface area contributed by atoms with Crippen molar-refractivity contribution in [2.75, 3.05) is 24.3 Å². The zero-order valence-electron chi connectivity index (χ0n) is 8.69. The average Bonchev–Trinajstić information content (AvgIpc) is 2.86. The lowest BCUT2D eigenvalue weighted by molar-refractivity contribution is 0.882. The molecule has 5 nitrogen and oxygen atoms in total. The second-order valence-corrected chi connectivity index (χ2v) is 4.20. The van der Waals surface area contributed by atoms with Gasteiger partial charge in [0, 0.05) is 19.0 Å². The fourth-order valence-electron chi connectivity index (χ4n) is 1.24. The lowest BCUT2D eigenvalue weighted by Gasteiger charge is -2.12. The summed E-state index contributed by atoms with van der Waals surface area (Å²) in [5.41, 5.74) is 0. The SMILES string of the molecule is CNc1nc(N(C)Cc2cccs2)n[nH]1. The average molecular weight is 223 g/mol. The lowest BCUT2D eigenvalue weighted by atomic mass is 10.4. The van der Waals surface area contributed by atoms with Gasteiger partial charge in [0.2, 0.25) is 11.9 Å². The number of thiophene rings is 1. The van der Waals surface area contributed by atoms with Crippen molar-refractivity contribution >= 4 is 23.2 Å². The second-order valence-electron chi connectivity index (χ2n) is 3.17. The van der Waals surface area contributed by atoms with E-state index in [1.54, 1.807) is 11.3 Å². The molecule has 2 heterocycles.